The highest BCUT2D eigenvalue weighted by molar-refractivity contribution is 6.31. The number of phenols is 1. The maximum absolute atomic E-state index is 9.48. The molecule has 0 aliphatic heterocycles. The van der Waals surface area contributed by atoms with Crippen molar-refractivity contribution in [2.24, 2.45) is 7.05 Å². The van der Waals surface area contributed by atoms with Gasteiger partial charge in [-0.2, -0.15) is 5.10 Å². The number of hydrogen-bond donors (Lipinski definition) is 1. The maximum atomic E-state index is 9.48. The fourth-order valence-corrected chi connectivity index (χ4v) is 2.02. The predicted molar refractivity (Wildman–Crippen MR) is 70.1 cm³/mol. The van der Waals surface area contributed by atoms with Crippen molar-refractivity contribution in [1.82, 2.24) is 9.78 Å². The summed E-state index contributed by atoms with van der Waals surface area (Å²) in [6, 6.07) is 5.11. The zero-order chi connectivity index (χ0) is 13.3. The summed E-state index contributed by atoms with van der Waals surface area (Å²) < 4.78 is 7.33. The molecule has 1 aromatic heterocycles. The Morgan fingerprint density at radius 1 is 1.33 bits per heavy atom. The number of aryl methyl sites for hydroxylation is 3. The van der Waals surface area contributed by atoms with Crippen molar-refractivity contribution in [1.29, 1.82) is 0 Å². The summed E-state index contributed by atoms with van der Waals surface area (Å²) in [6.45, 7) is 4.07. The minimum absolute atomic E-state index is 0.192. The van der Waals surface area contributed by atoms with Gasteiger partial charge in [0.25, 0.3) is 0 Å². The van der Waals surface area contributed by atoms with Crippen molar-refractivity contribution in [2.45, 2.75) is 20.5 Å². The van der Waals surface area contributed by atoms with Gasteiger partial charge in [-0.15, -0.1) is 0 Å². The minimum Gasteiger partial charge on any atom is -0.508 e. The molecule has 5 heteroatoms. The minimum atomic E-state index is 0.192. The summed E-state index contributed by atoms with van der Waals surface area (Å²) in [4.78, 5) is 0. The predicted octanol–water partition coefficient (Wildman–Crippen LogP) is 2.97. The van der Waals surface area contributed by atoms with Crippen LogP contribution >= 0.6 is 11.6 Å². The van der Waals surface area contributed by atoms with Gasteiger partial charge in [0.2, 0.25) is 0 Å². The maximum Gasteiger partial charge on any atom is 0.131 e. The molecule has 0 aliphatic carbocycles. The van der Waals surface area contributed by atoms with Gasteiger partial charge >= 0.3 is 0 Å². The molecule has 18 heavy (non-hydrogen) atoms. The molecule has 2 rings (SSSR count). The quantitative estimate of drug-likeness (QED) is 0.929. The lowest BCUT2D eigenvalue weighted by Gasteiger charge is -2.08. The second-order valence-electron chi connectivity index (χ2n) is 4.26. The SMILES string of the molecule is Cc1cc(O)cc(OCc2c(Cl)c(C)nn2C)c1. The van der Waals surface area contributed by atoms with Crippen LogP contribution in [0.1, 0.15) is 17.0 Å². The van der Waals surface area contributed by atoms with Gasteiger partial charge in [0.1, 0.15) is 18.1 Å². The van der Waals surface area contributed by atoms with E-state index in [4.69, 9.17) is 16.3 Å². The number of ether oxygens (including phenoxy) is 1. The van der Waals surface area contributed by atoms with Crippen LogP contribution in [-0.4, -0.2) is 14.9 Å². The van der Waals surface area contributed by atoms with Gasteiger partial charge in [-0.1, -0.05) is 11.6 Å². The lowest BCUT2D eigenvalue weighted by atomic mass is 10.2. The van der Waals surface area contributed by atoms with Gasteiger partial charge in [0.05, 0.1) is 16.4 Å². The Hall–Kier alpha value is -1.68. The van der Waals surface area contributed by atoms with E-state index < -0.39 is 0 Å². The fraction of sp³-hybridized carbons (Fsp3) is 0.308. The molecule has 1 aromatic carbocycles. The van der Waals surface area contributed by atoms with Crippen LogP contribution in [0.3, 0.4) is 0 Å². The number of benzene rings is 1. The van der Waals surface area contributed by atoms with E-state index in [2.05, 4.69) is 5.10 Å². The summed E-state index contributed by atoms with van der Waals surface area (Å²) in [5.41, 5.74) is 2.54. The molecule has 0 saturated carbocycles. The highest BCUT2D eigenvalue weighted by atomic mass is 35.5. The third-order valence-corrected chi connectivity index (χ3v) is 3.16. The van der Waals surface area contributed by atoms with Gasteiger partial charge in [-0.05, 0) is 31.5 Å². The Morgan fingerprint density at radius 2 is 2.06 bits per heavy atom. The van der Waals surface area contributed by atoms with Gasteiger partial charge in [0.15, 0.2) is 0 Å². The van der Waals surface area contributed by atoms with Crippen molar-refractivity contribution in [3.63, 3.8) is 0 Å². The Kier molecular flexibility index (Phi) is 3.48. The average molecular weight is 267 g/mol. The van der Waals surface area contributed by atoms with E-state index >= 15 is 0 Å². The molecule has 0 aliphatic rings. The Balaban J connectivity index is 2.16. The summed E-state index contributed by atoms with van der Waals surface area (Å²) in [5, 5.41) is 14.3. The van der Waals surface area contributed by atoms with Crippen molar-refractivity contribution in [2.75, 3.05) is 0 Å². The van der Waals surface area contributed by atoms with E-state index in [0.717, 1.165) is 17.0 Å². The molecular formula is C13H15ClN2O2. The first-order valence-electron chi connectivity index (χ1n) is 5.59. The molecule has 0 fully saturated rings. The van der Waals surface area contributed by atoms with Crippen molar-refractivity contribution < 1.29 is 9.84 Å². The van der Waals surface area contributed by atoms with Crippen LogP contribution < -0.4 is 4.74 Å². The van der Waals surface area contributed by atoms with E-state index in [9.17, 15) is 5.11 Å². The van der Waals surface area contributed by atoms with Crippen LogP contribution in [0.5, 0.6) is 11.5 Å². The fourth-order valence-electron chi connectivity index (χ4n) is 1.80. The topological polar surface area (TPSA) is 47.3 Å². The molecule has 0 saturated heterocycles. The number of aromatic nitrogens is 2. The van der Waals surface area contributed by atoms with Crippen LogP contribution in [0.2, 0.25) is 5.02 Å². The van der Waals surface area contributed by atoms with Gasteiger partial charge < -0.3 is 9.84 Å². The van der Waals surface area contributed by atoms with E-state index in [0.29, 0.717) is 17.4 Å². The smallest absolute Gasteiger partial charge is 0.131 e. The first kappa shape index (κ1) is 12.8. The number of phenolic OH excluding ortho intramolecular Hbond substituents is 1. The molecule has 96 valence electrons. The Labute approximate surface area is 111 Å². The van der Waals surface area contributed by atoms with Crippen LogP contribution in [-0.2, 0) is 13.7 Å². The highest BCUT2D eigenvalue weighted by Gasteiger charge is 2.11. The molecule has 2 aromatic rings. The van der Waals surface area contributed by atoms with Crippen LogP contribution in [0.25, 0.3) is 0 Å². The van der Waals surface area contributed by atoms with Crippen molar-refractivity contribution >= 4 is 11.6 Å². The Bertz CT molecular complexity index is 558. The summed E-state index contributed by atoms with van der Waals surface area (Å²) in [7, 11) is 1.82. The van der Waals surface area contributed by atoms with Gasteiger partial charge in [-0.25, -0.2) is 0 Å². The van der Waals surface area contributed by atoms with Gasteiger partial charge in [0, 0.05) is 13.1 Å². The number of aromatic hydroxyl groups is 1. The Morgan fingerprint density at radius 3 is 2.61 bits per heavy atom. The van der Waals surface area contributed by atoms with E-state index in [1.54, 1.807) is 16.8 Å². The second-order valence-corrected chi connectivity index (χ2v) is 4.64. The average Bonchev–Trinajstić information content (AvgIpc) is 2.50. The molecular weight excluding hydrogens is 252 g/mol. The summed E-state index contributed by atoms with van der Waals surface area (Å²) in [5.74, 6) is 0.805. The molecule has 4 nitrogen and oxygen atoms in total. The normalized spacial score (nSPS) is 10.7. The third-order valence-electron chi connectivity index (χ3n) is 2.67. The molecule has 0 radical (unpaired) electrons. The number of hydrogen-bond acceptors (Lipinski definition) is 3. The molecule has 0 spiro atoms. The molecule has 0 atom stereocenters. The molecule has 0 amide bonds. The highest BCUT2D eigenvalue weighted by Crippen LogP contribution is 2.24. The standard InChI is InChI=1S/C13H15ClN2O2/c1-8-4-10(17)6-11(5-8)18-7-12-13(14)9(2)15-16(12)3/h4-6,17H,7H2,1-3H3. The monoisotopic (exact) mass is 266 g/mol. The second kappa shape index (κ2) is 4.90. The third kappa shape index (κ3) is 2.59. The largest absolute Gasteiger partial charge is 0.508 e. The van der Waals surface area contributed by atoms with Gasteiger partial charge in [-0.3, -0.25) is 4.68 Å². The zero-order valence-electron chi connectivity index (χ0n) is 10.6. The van der Waals surface area contributed by atoms with Crippen LogP contribution in [0.15, 0.2) is 18.2 Å². The molecule has 1 N–H and O–H groups in total. The number of halogens is 1. The first-order valence-corrected chi connectivity index (χ1v) is 5.96. The molecule has 0 unspecified atom stereocenters. The summed E-state index contributed by atoms with van der Waals surface area (Å²) >= 11 is 6.13. The van der Waals surface area contributed by atoms with Crippen molar-refractivity contribution in [3.8, 4) is 11.5 Å². The lowest BCUT2D eigenvalue weighted by Crippen LogP contribution is -2.03. The van der Waals surface area contributed by atoms with Crippen LogP contribution in [0, 0.1) is 13.8 Å². The first-order chi connectivity index (χ1) is 8.47. The summed E-state index contributed by atoms with van der Waals surface area (Å²) in [6.07, 6.45) is 0. The molecule has 0 bridgehead atoms. The lowest BCUT2D eigenvalue weighted by molar-refractivity contribution is 0.293. The van der Waals surface area contributed by atoms with Crippen LogP contribution in [0.4, 0.5) is 0 Å². The zero-order valence-corrected chi connectivity index (χ0v) is 11.3. The molecule has 1 heterocycles. The number of rotatable bonds is 3. The van der Waals surface area contributed by atoms with E-state index in [-0.39, 0.29) is 5.75 Å². The van der Waals surface area contributed by atoms with E-state index in [1.165, 1.54) is 0 Å². The van der Waals surface area contributed by atoms with Crippen molar-refractivity contribution in [3.05, 3.63) is 40.2 Å². The number of nitrogens with zero attached hydrogens (tertiary/aromatic N) is 2. The van der Waals surface area contributed by atoms with E-state index in [1.807, 2.05) is 27.0 Å².